The van der Waals surface area contributed by atoms with Crippen LogP contribution in [0.15, 0.2) is 68.7 Å². The van der Waals surface area contributed by atoms with Crippen LogP contribution in [0.2, 0.25) is 0 Å². The van der Waals surface area contributed by atoms with Gasteiger partial charge in [0.25, 0.3) is 5.56 Å². The molecule has 0 spiro atoms. The molecule has 1 aliphatic heterocycles. The van der Waals surface area contributed by atoms with Gasteiger partial charge >= 0.3 is 5.69 Å². The second-order valence-corrected chi connectivity index (χ2v) is 9.17. The summed E-state index contributed by atoms with van der Waals surface area (Å²) >= 11 is 3.39. The zero-order chi connectivity index (χ0) is 24.2. The predicted molar refractivity (Wildman–Crippen MR) is 135 cm³/mol. The summed E-state index contributed by atoms with van der Waals surface area (Å²) < 4.78 is 9.55. The summed E-state index contributed by atoms with van der Waals surface area (Å²) in [6, 6.07) is 16.1. The normalized spacial score (nSPS) is 14.3. The third-order valence-corrected chi connectivity index (χ3v) is 6.63. The van der Waals surface area contributed by atoms with Crippen LogP contribution in [0.1, 0.15) is 15.9 Å². The molecule has 3 aromatic rings. The molecule has 0 unspecified atom stereocenters. The van der Waals surface area contributed by atoms with Gasteiger partial charge in [-0.25, -0.2) is 4.79 Å². The number of rotatable bonds is 7. The highest BCUT2D eigenvalue weighted by Crippen LogP contribution is 2.23. The van der Waals surface area contributed by atoms with E-state index in [4.69, 9.17) is 4.74 Å². The third kappa shape index (κ3) is 5.15. The van der Waals surface area contributed by atoms with Crippen molar-refractivity contribution < 1.29 is 9.53 Å². The minimum Gasteiger partial charge on any atom is -0.491 e. The van der Waals surface area contributed by atoms with Crippen LogP contribution in [0.3, 0.4) is 0 Å². The average molecular weight is 527 g/mol. The second kappa shape index (κ2) is 10.4. The lowest BCUT2D eigenvalue weighted by molar-refractivity contribution is 0.103. The summed E-state index contributed by atoms with van der Waals surface area (Å²) in [7, 11) is 3.17. The summed E-state index contributed by atoms with van der Waals surface area (Å²) in [6.45, 7) is 4.15. The van der Waals surface area contributed by atoms with Gasteiger partial charge in [0.05, 0.1) is 5.56 Å². The van der Waals surface area contributed by atoms with E-state index in [1.807, 2.05) is 30.3 Å². The smallest absolute Gasteiger partial charge is 0.332 e. The highest BCUT2D eigenvalue weighted by molar-refractivity contribution is 9.10. The molecule has 0 bridgehead atoms. The van der Waals surface area contributed by atoms with E-state index in [0.29, 0.717) is 48.9 Å². The van der Waals surface area contributed by atoms with Crippen molar-refractivity contribution >= 4 is 27.5 Å². The first-order valence-electron chi connectivity index (χ1n) is 11.1. The summed E-state index contributed by atoms with van der Waals surface area (Å²) in [5.41, 5.74) is 0.529. The molecule has 178 valence electrons. The molecule has 9 heteroatoms. The molecule has 0 saturated carbocycles. The number of benzene rings is 2. The number of hydrogen-bond acceptors (Lipinski definition) is 6. The Balaban J connectivity index is 1.34. The lowest BCUT2D eigenvalue weighted by Crippen LogP contribution is -2.50. The molecule has 34 heavy (non-hydrogen) atoms. The fraction of sp³-hybridized carbons (Fsp3) is 0.320. The first-order chi connectivity index (χ1) is 16.3. The van der Waals surface area contributed by atoms with Gasteiger partial charge in [0, 0.05) is 62.9 Å². The number of halogens is 1. The van der Waals surface area contributed by atoms with Gasteiger partial charge < -0.3 is 9.64 Å². The molecule has 8 nitrogen and oxygen atoms in total. The number of aromatic nitrogens is 2. The number of anilines is 1. The van der Waals surface area contributed by atoms with E-state index in [1.54, 1.807) is 25.2 Å². The van der Waals surface area contributed by atoms with Crippen LogP contribution in [0.4, 0.5) is 5.82 Å². The number of ether oxygens (including phenoxy) is 1. The van der Waals surface area contributed by atoms with Crippen molar-refractivity contribution in [3.63, 3.8) is 0 Å². The van der Waals surface area contributed by atoms with Gasteiger partial charge in [0.15, 0.2) is 5.78 Å². The Kier molecular flexibility index (Phi) is 7.33. The van der Waals surface area contributed by atoms with Gasteiger partial charge in [-0.1, -0.05) is 28.1 Å². The molecule has 0 radical (unpaired) electrons. The van der Waals surface area contributed by atoms with E-state index in [0.717, 1.165) is 22.1 Å². The van der Waals surface area contributed by atoms with Crippen molar-refractivity contribution in [1.82, 2.24) is 14.0 Å². The Morgan fingerprint density at radius 3 is 2.32 bits per heavy atom. The van der Waals surface area contributed by atoms with Gasteiger partial charge in [0.1, 0.15) is 18.2 Å². The topological polar surface area (TPSA) is 76.8 Å². The monoisotopic (exact) mass is 526 g/mol. The van der Waals surface area contributed by atoms with Gasteiger partial charge in [-0.3, -0.25) is 23.6 Å². The summed E-state index contributed by atoms with van der Waals surface area (Å²) in [4.78, 5) is 41.6. The number of carbonyl (C=O) groups is 1. The molecular formula is C25H27BrN4O4. The number of para-hydroxylation sites is 1. The molecule has 2 heterocycles. The highest BCUT2D eigenvalue weighted by Gasteiger charge is 2.21. The number of piperazine rings is 1. The van der Waals surface area contributed by atoms with Crippen molar-refractivity contribution in [3.8, 4) is 5.75 Å². The lowest BCUT2D eigenvalue weighted by Gasteiger charge is -2.36. The predicted octanol–water partition coefficient (Wildman–Crippen LogP) is 2.28. The van der Waals surface area contributed by atoms with Gasteiger partial charge in [0.2, 0.25) is 0 Å². The maximum atomic E-state index is 13.0. The maximum Gasteiger partial charge on any atom is 0.332 e. The molecule has 1 aliphatic rings. The lowest BCUT2D eigenvalue weighted by atomic mass is 10.0. The Morgan fingerprint density at radius 1 is 0.941 bits per heavy atom. The zero-order valence-electron chi connectivity index (χ0n) is 19.2. The van der Waals surface area contributed by atoms with Crippen LogP contribution in [0.25, 0.3) is 0 Å². The first-order valence-corrected chi connectivity index (χ1v) is 11.9. The average Bonchev–Trinajstić information content (AvgIpc) is 2.86. The molecule has 1 aromatic heterocycles. The van der Waals surface area contributed by atoms with Crippen molar-refractivity contribution in [2.24, 2.45) is 14.1 Å². The van der Waals surface area contributed by atoms with Gasteiger partial charge in [-0.15, -0.1) is 0 Å². The minimum atomic E-state index is -0.324. The van der Waals surface area contributed by atoms with Crippen LogP contribution in [0, 0.1) is 0 Å². The van der Waals surface area contributed by atoms with E-state index < -0.39 is 0 Å². The molecule has 0 atom stereocenters. The molecule has 1 fully saturated rings. The van der Waals surface area contributed by atoms with E-state index in [9.17, 15) is 14.4 Å². The molecule has 0 amide bonds. The summed E-state index contributed by atoms with van der Waals surface area (Å²) in [5.74, 6) is 1.14. The molecule has 0 N–H and O–H groups in total. The van der Waals surface area contributed by atoms with Crippen LogP contribution in [0.5, 0.6) is 5.75 Å². The van der Waals surface area contributed by atoms with Crippen molar-refractivity contribution in [2.45, 2.75) is 0 Å². The quantitative estimate of drug-likeness (QED) is 0.439. The van der Waals surface area contributed by atoms with E-state index in [1.165, 1.54) is 17.7 Å². The Labute approximate surface area is 206 Å². The van der Waals surface area contributed by atoms with E-state index >= 15 is 0 Å². The van der Waals surface area contributed by atoms with Crippen molar-refractivity contribution in [1.29, 1.82) is 0 Å². The van der Waals surface area contributed by atoms with Crippen molar-refractivity contribution in [2.75, 3.05) is 44.2 Å². The fourth-order valence-corrected chi connectivity index (χ4v) is 4.31. The Hall–Kier alpha value is -3.17. The second-order valence-electron chi connectivity index (χ2n) is 8.25. The number of hydrogen-bond donors (Lipinski definition) is 0. The number of carbonyl (C=O) groups excluding carboxylic acids is 1. The minimum absolute atomic E-state index is 0.0728. The summed E-state index contributed by atoms with van der Waals surface area (Å²) in [5, 5.41) is 0. The van der Waals surface area contributed by atoms with Gasteiger partial charge in [-0.05, 0) is 36.4 Å². The molecule has 0 aliphatic carbocycles. The van der Waals surface area contributed by atoms with Crippen LogP contribution in [-0.2, 0) is 14.1 Å². The molecule has 2 aromatic carbocycles. The molecule has 4 rings (SSSR count). The first kappa shape index (κ1) is 24.0. The number of ketones is 1. The summed E-state index contributed by atoms with van der Waals surface area (Å²) in [6.07, 6.45) is 0. The van der Waals surface area contributed by atoms with E-state index in [2.05, 4.69) is 25.7 Å². The SMILES string of the molecule is Cn1c(N2CCN(CCOc3ccccc3C(=O)c3ccc(Br)cc3)CC2)cc(=O)n(C)c1=O. The largest absolute Gasteiger partial charge is 0.491 e. The Morgan fingerprint density at radius 2 is 1.62 bits per heavy atom. The third-order valence-electron chi connectivity index (χ3n) is 6.10. The van der Waals surface area contributed by atoms with Crippen LogP contribution in [-0.4, -0.2) is 59.1 Å². The van der Waals surface area contributed by atoms with Crippen LogP contribution < -0.4 is 20.9 Å². The Bertz CT molecular complexity index is 1290. The maximum absolute atomic E-state index is 13.0. The standard InChI is InChI=1S/C25H27BrN4O4/c1-27-22(17-23(31)28(2)25(27)33)30-13-11-29(12-14-30)15-16-34-21-6-4-3-5-20(21)24(32)18-7-9-19(26)10-8-18/h3-10,17H,11-16H2,1-2H3. The van der Waals surface area contributed by atoms with Crippen molar-refractivity contribution in [3.05, 3.63) is 91.0 Å². The van der Waals surface area contributed by atoms with Gasteiger partial charge in [-0.2, -0.15) is 0 Å². The number of nitrogens with zero attached hydrogens (tertiary/aromatic N) is 4. The van der Waals surface area contributed by atoms with Crippen LogP contribution >= 0.6 is 15.9 Å². The molecular weight excluding hydrogens is 500 g/mol. The highest BCUT2D eigenvalue weighted by atomic mass is 79.9. The van der Waals surface area contributed by atoms with E-state index in [-0.39, 0.29) is 17.0 Å². The fourth-order valence-electron chi connectivity index (χ4n) is 4.05. The zero-order valence-corrected chi connectivity index (χ0v) is 20.8. The molecule has 1 saturated heterocycles.